The molecule has 0 heterocycles. The van der Waals surface area contributed by atoms with Gasteiger partial charge in [-0.1, -0.05) is 0 Å². The van der Waals surface area contributed by atoms with Crippen LogP contribution in [0.1, 0.15) is 26.7 Å². The topological polar surface area (TPSA) is 14.1 Å². The molecule has 1 rings (SSSR count). The summed E-state index contributed by atoms with van der Waals surface area (Å²) in [6.45, 7) is 4.07. The number of rotatable bonds is 0. The lowest BCUT2D eigenvalue weighted by Crippen LogP contribution is -1.86. The lowest BCUT2D eigenvalue weighted by atomic mass is 10.5. The summed E-state index contributed by atoms with van der Waals surface area (Å²) in [6, 6.07) is 0. The Morgan fingerprint density at radius 1 is 1.43 bits per heavy atom. The lowest BCUT2D eigenvalue weighted by molar-refractivity contribution is 1.50. The largest absolute Gasteiger partial charge is 0.281 e. The highest BCUT2D eigenvalue weighted by Gasteiger charge is 2.24. The summed E-state index contributed by atoms with van der Waals surface area (Å²) in [7, 11) is 0. The molecule has 1 fully saturated rings. The van der Waals surface area contributed by atoms with E-state index in [1.807, 2.05) is 13.8 Å². The molecule has 0 N–H and O–H groups in total. The van der Waals surface area contributed by atoms with E-state index in [2.05, 4.69) is 4.67 Å². The molecule has 1 heteroatoms. The van der Waals surface area contributed by atoms with E-state index in [-0.39, 0.29) is 0 Å². The molecule has 1 aliphatic carbocycles. The molecule has 0 bridgehead atoms. The van der Waals surface area contributed by atoms with E-state index in [0.29, 0.717) is 0 Å². The molecule has 0 aliphatic heterocycles. The fourth-order valence-corrected chi connectivity index (χ4v) is 0.484. The molecule has 0 saturated heterocycles. The van der Waals surface area contributed by atoms with Crippen molar-refractivity contribution in [2.45, 2.75) is 26.7 Å². The van der Waals surface area contributed by atoms with Crippen molar-refractivity contribution in [2.75, 3.05) is 0 Å². The van der Waals surface area contributed by atoms with Crippen molar-refractivity contribution in [3.05, 3.63) is 0 Å². The highest BCUT2D eigenvalue weighted by atomic mass is 14.6. The SMILES string of the molecule is CC(C)=[N+]=C1CC1. The molecule has 0 atom stereocenters. The van der Waals surface area contributed by atoms with E-state index in [0.717, 1.165) is 0 Å². The van der Waals surface area contributed by atoms with Crippen LogP contribution in [-0.4, -0.2) is 11.4 Å². The fourth-order valence-electron chi connectivity index (χ4n) is 0.484. The monoisotopic (exact) mass is 96.1 g/mol. The minimum Gasteiger partial charge on any atom is -0.104 e. The average Bonchev–Trinajstić information content (AvgIpc) is 2.17. The molecular weight excluding hydrogens is 86.1 g/mol. The van der Waals surface area contributed by atoms with Crippen LogP contribution in [0.25, 0.3) is 0 Å². The van der Waals surface area contributed by atoms with Gasteiger partial charge in [-0.25, -0.2) is 0 Å². The molecule has 0 aromatic rings. The highest BCUT2D eigenvalue weighted by Crippen LogP contribution is 2.08. The van der Waals surface area contributed by atoms with Gasteiger partial charge in [-0.05, 0) is 0 Å². The zero-order valence-electron chi connectivity index (χ0n) is 4.86. The summed E-state index contributed by atoms with van der Waals surface area (Å²) in [5, 5.41) is 0. The van der Waals surface area contributed by atoms with Crippen LogP contribution >= 0.6 is 0 Å². The van der Waals surface area contributed by atoms with Crippen LogP contribution < -0.4 is 4.67 Å². The van der Waals surface area contributed by atoms with Crippen molar-refractivity contribution in [3.63, 3.8) is 0 Å². The smallest absolute Gasteiger partial charge is 0.104 e. The van der Waals surface area contributed by atoms with Gasteiger partial charge in [0.15, 0.2) is 0 Å². The van der Waals surface area contributed by atoms with Gasteiger partial charge in [-0.2, -0.15) is 0 Å². The number of hydrogen-bond acceptors (Lipinski definition) is 0. The van der Waals surface area contributed by atoms with Gasteiger partial charge >= 0.3 is 0 Å². The number of nitrogens with zero attached hydrogens (tertiary/aromatic N) is 1. The first-order valence-corrected chi connectivity index (χ1v) is 2.65. The van der Waals surface area contributed by atoms with Gasteiger partial charge in [0.05, 0.1) is 12.8 Å². The second kappa shape index (κ2) is 1.51. The highest BCUT2D eigenvalue weighted by molar-refractivity contribution is 6.00. The second-order valence-electron chi connectivity index (χ2n) is 2.13. The molecule has 38 valence electrons. The van der Waals surface area contributed by atoms with Crippen molar-refractivity contribution >= 4 is 11.4 Å². The van der Waals surface area contributed by atoms with Crippen LogP contribution in [-0.2, 0) is 0 Å². The van der Waals surface area contributed by atoms with Crippen molar-refractivity contribution in [3.8, 4) is 0 Å². The number of hydrogen-bond donors (Lipinski definition) is 0. The Balaban J connectivity index is 2.75. The molecule has 0 spiro atoms. The maximum atomic E-state index is 4.22. The van der Waals surface area contributed by atoms with Crippen LogP contribution in [0.2, 0.25) is 0 Å². The molecule has 0 aromatic carbocycles. The molecule has 0 aromatic heterocycles. The van der Waals surface area contributed by atoms with E-state index < -0.39 is 0 Å². The van der Waals surface area contributed by atoms with Gasteiger partial charge in [0.25, 0.3) is 11.4 Å². The third-order valence-electron chi connectivity index (χ3n) is 0.855. The van der Waals surface area contributed by atoms with Crippen LogP contribution in [0.3, 0.4) is 0 Å². The molecule has 7 heavy (non-hydrogen) atoms. The first-order valence-electron chi connectivity index (χ1n) is 2.65. The Morgan fingerprint density at radius 2 is 2.00 bits per heavy atom. The van der Waals surface area contributed by atoms with Crippen LogP contribution in [0, 0.1) is 0 Å². The summed E-state index contributed by atoms with van der Waals surface area (Å²) in [6.07, 6.45) is 2.48. The maximum Gasteiger partial charge on any atom is 0.281 e. The minimum absolute atomic E-state index is 1.19. The fraction of sp³-hybridized carbons (Fsp3) is 0.667. The molecule has 0 radical (unpaired) electrons. The normalized spacial score (nSPS) is 16.0. The Morgan fingerprint density at radius 3 is 2.14 bits per heavy atom. The molecule has 1 nitrogen and oxygen atoms in total. The predicted molar refractivity (Wildman–Crippen MR) is 32.7 cm³/mol. The quantitative estimate of drug-likeness (QED) is 0.312. The summed E-state index contributed by atoms with van der Waals surface area (Å²) >= 11 is 0. The zero-order valence-corrected chi connectivity index (χ0v) is 4.86. The Labute approximate surface area is 43.8 Å². The Bertz CT molecular complexity index is 126. The van der Waals surface area contributed by atoms with Gasteiger partial charge in [0, 0.05) is 13.8 Å². The standard InChI is InChI=1S/C6H10N/c1-5(2)7-6-3-4-6/h3-4H2,1-2H3/q+1. The van der Waals surface area contributed by atoms with Crippen LogP contribution in [0.15, 0.2) is 0 Å². The molecule has 0 amide bonds. The van der Waals surface area contributed by atoms with Crippen molar-refractivity contribution in [2.24, 2.45) is 0 Å². The predicted octanol–water partition coefficient (Wildman–Crippen LogP) is 0.769. The van der Waals surface area contributed by atoms with Gasteiger partial charge in [-0.15, -0.1) is 4.67 Å². The Hall–Kier alpha value is -0.550. The molecule has 1 aliphatic rings. The van der Waals surface area contributed by atoms with Crippen molar-refractivity contribution < 1.29 is 0 Å². The molecule has 0 unspecified atom stereocenters. The third-order valence-corrected chi connectivity index (χ3v) is 0.855. The van der Waals surface area contributed by atoms with Crippen LogP contribution in [0.4, 0.5) is 0 Å². The Kier molecular flexibility index (Phi) is 0.994. The van der Waals surface area contributed by atoms with Crippen molar-refractivity contribution in [1.29, 1.82) is 0 Å². The van der Waals surface area contributed by atoms with E-state index in [4.69, 9.17) is 0 Å². The van der Waals surface area contributed by atoms with Gasteiger partial charge in [0.2, 0.25) is 0 Å². The van der Waals surface area contributed by atoms with Gasteiger partial charge < -0.3 is 0 Å². The lowest BCUT2D eigenvalue weighted by Gasteiger charge is -1.53. The van der Waals surface area contributed by atoms with E-state index in [1.54, 1.807) is 0 Å². The summed E-state index contributed by atoms with van der Waals surface area (Å²) in [5.41, 5.74) is 2.56. The van der Waals surface area contributed by atoms with E-state index in [9.17, 15) is 0 Å². The van der Waals surface area contributed by atoms with E-state index in [1.165, 1.54) is 24.3 Å². The van der Waals surface area contributed by atoms with Crippen LogP contribution in [0.5, 0.6) is 0 Å². The molecule has 1 saturated carbocycles. The summed E-state index contributed by atoms with van der Waals surface area (Å²) in [4.78, 5) is 0. The van der Waals surface area contributed by atoms with Gasteiger partial charge in [-0.3, -0.25) is 0 Å². The average molecular weight is 96.2 g/mol. The third kappa shape index (κ3) is 1.56. The first kappa shape index (κ1) is 4.61. The molecular formula is C6H10N+. The maximum absolute atomic E-state index is 4.22. The van der Waals surface area contributed by atoms with E-state index >= 15 is 0 Å². The zero-order chi connectivity index (χ0) is 5.28. The van der Waals surface area contributed by atoms with Gasteiger partial charge in [0.1, 0.15) is 0 Å². The van der Waals surface area contributed by atoms with Crippen molar-refractivity contribution in [1.82, 2.24) is 4.67 Å². The first-order chi connectivity index (χ1) is 3.29. The summed E-state index contributed by atoms with van der Waals surface area (Å²) < 4.78 is 4.22. The second-order valence-corrected chi connectivity index (χ2v) is 2.13. The minimum atomic E-state index is 1.19. The summed E-state index contributed by atoms with van der Waals surface area (Å²) in [5.74, 6) is 0.